The molecule has 26 heavy (non-hydrogen) atoms. The molecule has 0 aliphatic rings. The molecule has 0 heterocycles. The zero-order valence-corrected chi connectivity index (χ0v) is 16.1. The Morgan fingerprint density at radius 2 is 1.92 bits per heavy atom. The van der Waals surface area contributed by atoms with E-state index in [9.17, 15) is 4.79 Å². The van der Waals surface area contributed by atoms with Crippen LogP contribution < -0.4 is 20.5 Å². The Morgan fingerprint density at radius 3 is 2.58 bits per heavy atom. The first-order valence-corrected chi connectivity index (χ1v) is 8.55. The third-order valence-corrected chi connectivity index (χ3v) is 3.85. The van der Waals surface area contributed by atoms with Crippen LogP contribution in [0, 0.1) is 0 Å². The van der Waals surface area contributed by atoms with Crippen molar-refractivity contribution in [2.45, 2.75) is 32.2 Å². The third kappa shape index (κ3) is 6.58. The van der Waals surface area contributed by atoms with Crippen molar-refractivity contribution in [1.82, 2.24) is 0 Å². The van der Waals surface area contributed by atoms with E-state index in [4.69, 9.17) is 15.2 Å². The largest absolute Gasteiger partial charge is 0.497 e. The van der Waals surface area contributed by atoms with Gasteiger partial charge in [-0.15, -0.1) is 12.4 Å². The molecular weight excluding hydrogens is 352 g/mol. The summed E-state index contributed by atoms with van der Waals surface area (Å²) < 4.78 is 11.0. The topological polar surface area (TPSA) is 73.6 Å². The van der Waals surface area contributed by atoms with Crippen molar-refractivity contribution >= 4 is 24.0 Å². The van der Waals surface area contributed by atoms with Crippen molar-refractivity contribution < 1.29 is 14.3 Å². The van der Waals surface area contributed by atoms with Crippen molar-refractivity contribution in [3.8, 4) is 11.5 Å². The van der Waals surface area contributed by atoms with Crippen LogP contribution in [0.5, 0.6) is 11.5 Å². The highest BCUT2D eigenvalue weighted by Gasteiger charge is 2.14. The smallest absolute Gasteiger partial charge is 0.226 e. The van der Waals surface area contributed by atoms with E-state index >= 15 is 0 Å². The molecule has 6 heteroatoms. The molecule has 0 saturated carbocycles. The predicted octanol–water partition coefficient (Wildman–Crippen LogP) is 4.32. The zero-order chi connectivity index (χ0) is 18.1. The molecule has 0 aliphatic heterocycles. The predicted molar refractivity (Wildman–Crippen MR) is 107 cm³/mol. The van der Waals surface area contributed by atoms with E-state index in [0.29, 0.717) is 23.8 Å². The molecule has 2 aromatic carbocycles. The number of anilines is 1. The van der Waals surface area contributed by atoms with Crippen LogP contribution in [0.3, 0.4) is 0 Å². The zero-order valence-electron chi connectivity index (χ0n) is 15.2. The van der Waals surface area contributed by atoms with Gasteiger partial charge in [-0.25, -0.2) is 0 Å². The molecule has 0 fully saturated rings. The average molecular weight is 379 g/mol. The number of nitrogens with one attached hydrogen (secondary N) is 1. The van der Waals surface area contributed by atoms with Gasteiger partial charge < -0.3 is 20.5 Å². The van der Waals surface area contributed by atoms with Gasteiger partial charge in [0.1, 0.15) is 11.5 Å². The lowest BCUT2D eigenvalue weighted by molar-refractivity contribution is -0.116. The maximum atomic E-state index is 12.4. The summed E-state index contributed by atoms with van der Waals surface area (Å²) in [6.45, 7) is 2.71. The van der Waals surface area contributed by atoms with Crippen LogP contribution in [0.2, 0.25) is 0 Å². The molecule has 0 aliphatic carbocycles. The minimum absolute atomic E-state index is 0. The number of nitrogens with two attached hydrogens (primary N) is 1. The normalized spacial score (nSPS) is 11.2. The monoisotopic (exact) mass is 378 g/mol. The summed E-state index contributed by atoms with van der Waals surface area (Å²) in [6.07, 6.45) is 2.19. The van der Waals surface area contributed by atoms with Crippen LogP contribution in [0.25, 0.3) is 0 Å². The maximum absolute atomic E-state index is 12.4. The highest BCUT2D eigenvalue weighted by molar-refractivity contribution is 5.93. The summed E-state index contributed by atoms with van der Waals surface area (Å²) in [4.78, 5) is 12.4. The van der Waals surface area contributed by atoms with Crippen molar-refractivity contribution in [1.29, 1.82) is 0 Å². The molecule has 0 spiro atoms. The first kappa shape index (κ1) is 21.8. The maximum Gasteiger partial charge on any atom is 0.226 e. The Morgan fingerprint density at radius 1 is 1.19 bits per heavy atom. The molecule has 2 aromatic rings. The van der Waals surface area contributed by atoms with E-state index in [1.165, 1.54) is 0 Å². The molecule has 2 rings (SSSR count). The summed E-state index contributed by atoms with van der Waals surface area (Å²) in [5.74, 6) is 1.13. The van der Waals surface area contributed by atoms with Crippen LogP contribution in [-0.4, -0.2) is 19.6 Å². The van der Waals surface area contributed by atoms with Gasteiger partial charge in [0.05, 0.1) is 19.4 Å². The Kier molecular flexibility index (Phi) is 9.55. The van der Waals surface area contributed by atoms with E-state index in [-0.39, 0.29) is 30.8 Å². The molecule has 0 aromatic heterocycles. The van der Waals surface area contributed by atoms with Crippen LogP contribution in [-0.2, 0) is 4.79 Å². The fourth-order valence-corrected chi connectivity index (χ4v) is 2.41. The molecule has 0 radical (unpaired) electrons. The Bertz CT molecular complexity index is 680. The fourth-order valence-electron chi connectivity index (χ4n) is 2.41. The summed E-state index contributed by atoms with van der Waals surface area (Å²) in [7, 11) is 1.59. The van der Waals surface area contributed by atoms with Gasteiger partial charge in [-0.2, -0.15) is 0 Å². The van der Waals surface area contributed by atoms with Gasteiger partial charge in [-0.1, -0.05) is 43.7 Å². The number of unbranched alkanes of at least 4 members (excludes halogenated alkanes) is 1. The number of rotatable bonds is 9. The molecule has 1 amide bonds. The van der Waals surface area contributed by atoms with Crippen LogP contribution in [0.15, 0.2) is 48.5 Å². The Balaban J connectivity index is 0.00000338. The van der Waals surface area contributed by atoms with E-state index in [1.807, 2.05) is 36.4 Å². The quantitative estimate of drug-likeness (QED) is 0.637. The van der Waals surface area contributed by atoms with Gasteiger partial charge in [-0.3, -0.25) is 4.79 Å². The first-order valence-electron chi connectivity index (χ1n) is 8.55. The number of ether oxygens (including phenoxy) is 2. The van der Waals surface area contributed by atoms with Crippen LogP contribution in [0.4, 0.5) is 5.69 Å². The highest BCUT2D eigenvalue weighted by Crippen LogP contribution is 2.30. The molecule has 3 N–H and O–H groups in total. The average Bonchev–Trinajstić information content (AvgIpc) is 2.63. The number of halogens is 1. The first-order chi connectivity index (χ1) is 12.1. The molecule has 1 unspecified atom stereocenters. The molecule has 0 saturated heterocycles. The van der Waals surface area contributed by atoms with E-state index in [0.717, 1.165) is 18.4 Å². The third-order valence-electron chi connectivity index (χ3n) is 3.85. The number of carbonyl (C=O) groups is 1. The number of methoxy groups -OCH3 is 1. The van der Waals surface area contributed by atoms with E-state index < -0.39 is 0 Å². The van der Waals surface area contributed by atoms with Crippen molar-refractivity contribution in [2.24, 2.45) is 5.73 Å². The summed E-state index contributed by atoms with van der Waals surface area (Å²) in [5, 5.41) is 2.89. The second kappa shape index (κ2) is 11.4. The minimum atomic E-state index is -0.351. The molecule has 5 nitrogen and oxygen atoms in total. The molecular formula is C20H27ClN2O3. The standard InChI is InChI=1S/C20H26N2O3.ClH/c1-3-4-12-25-19-11-10-16(24-2)13-18(19)22-20(23)14-17(21)15-8-6-5-7-9-15;/h5-11,13,17H,3-4,12,14,21H2,1-2H3,(H,22,23);1H. The second-order valence-corrected chi connectivity index (χ2v) is 5.83. The van der Waals surface area contributed by atoms with Crippen molar-refractivity contribution in [3.63, 3.8) is 0 Å². The van der Waals surface area contributed by atoms with E-state index in [1.54, 1.807) is 19.2 Å². The van der Waals surface area contributed by atoms with Gasteiger partial charge in [0, 0.05) is 18.5 Å². The van der Waals surface area contributed by atoms with Crippen LogP contribution >= 0.6 is 12.4 Å². The minimum Gasteiger partial charge on any atom is -0.497 e. The molecule has 1 atom stereocenters. The highest BCUT2D eigenvalue weighted by atomic mass is 35.5. The number of benzene rings is 2. The SMILES string of the molecule is CCCCOc1ccc(OC)cc1NC(=O)CC(N)c1ccccc1.Cl. The van der Waals surface area contributed by atoms with Gasteiger partial charge in [0.15, 0.2) is 0 Å². The van der Waals surface area contributed by atoms with Gasteiger partial charge in [0.2, 0.25) is 5.91 Å². The van der Waals surface area contributed by atoms with Crippen molar-refractivity contribution in [3.05, 3.63) is 54.1 Å². The fraction of sp³-hybridized carbons (Fsp3) is 0.350. The summed E-state index contributed by atoms with van der Waals surface area (Å²) >= 11 is 0. The molecule has 142 valence electrons. The lowest BCUT2D eigenvalue weighted by Crippen LogP contribution is -2.21. The number of carbonyl (C=O) groups excluding carboxylic acids is 1. The van der Waals surface area contributed by atoms with Crippen molar-refractivity contribution in [2.75, 3.05) is 19.0 Å². The van der Waals surface area contributed by atoms with Gasteiger partial charge in [-0.05, 0) is 24.1 Å². The lowest BCUT2D eigenvalue weighted by atomic mass is 10.0. The number of amides is 1. The Hall–Kier alpha value is -2.24. The Labute approximate surface area is 161 Å². The number of hydrogen-bond donors (Lipinski definition) is 2. The summed E-state index contributed by atoms with van der Waals surface area (Å²) in [6, 6.07) is 14.6. The van der Waals surface area contributed by atoms with Gasteiger partial charge >= 0.3 is 0 Å². The number of hydrogen-bond acceptors (Lipinski definition) is 4. The second-order valence-electron chi connectivity index (χ2n) is 5.83. The van der Waals surface area contributed by atoms with E-state index in [2.05, 4.69) is 12.2 Å². The lowest BCUT2D eigenvalue weighted by Gasteiger charge is -2.16. The molecule has 0 bridgehead atoms. The van der Waals surface area contributed by atoms with Gasteiger partial charge in [0.25, 0.3) is 0 Å². The summed E-state index contributed by atoms with van der Waals surface area (Å²) in [5.41, 5.74) is 7.66. The van der Waals surface area contributed by atoms with Crippen LogP contribution in [0.1, 0.15) is 37.8 Å².